The lowest BCUT2D eigenvalue weighted by Gasteiger charge is -2.26. The quantitative estimate of drug-likeness (QED) is 0.207. The van der Waals surface area contributed by atoms with E-state index in [0.717, 1.165) is 0 Å². The van der Waals surface area contributed by atoms with E-state index in [1.165, 1.54) is 0 Å². The van der Waals surface area contributed by atoms with E-state index < -0.39 is 53.0 Å². The number of carbonyl (C=O) groups is 1. The van der Waals surface area contributed by atoms with Gasteiger partial charge in [0, 0.05) is 0 Å². The van der Waals surface area contributed by atoms with Gasteiger partial charge in [-0.3, -0.25) is 9.32 Å². The first kappa shape index (κ1) is 19.8. The van der Waals surface area contributed by atoms with Crippen molar-refractivity contribution in [3.8, 4) is 0 Å². The number of rotatable bonds is 9. The molecule has 0 heterocycles. The summed E-state index contributed by atoms with van der Waals surface area (Å²) in [5.41, 5.74) is 0. The number of aliphatic hydroxyl groups is 4. The molecule has 0 aromatic carbocycles. The van der Waals surface area contributed by atoms with Gasteiger partial charge < -0.3 is 35.1 Å². The van der Waals surface area contributed by atoms with Gasteiger partial charge in [-0.05, 0) is 0 Å². The maximum absolute atomic E-state index is 11.2. The Morgan fingerprint density at radius 2 is 1.60 bits per heavy atom. The normalized spacial score (nSPS) is 19.9. The minimum atomic E-state index is -5.47. The summed E-state index contributed by atoms with van der Waals surface area (Å²) in [5.74, 6) is -1.33. The molecule has 0 amide bonds. The van der Waals surface area contributed by atoms with Gasteiger partial charge in [0.05, 0.1) is 6.61 Å². The van der Waals surface area contributed by atoms with E-state index in [9.17, 15) is 24.1 Å². The summed E-state index contributed by atoms with van der Waals surface area (Å²) in [6.07, 6.45) is -6.67. The lowest BCUT2D eigenvalue weighted by Crippen LogP contribution is -2.46. The topological polar surface area (TPSA) is 211 Å². The minimum Gasteiger partial charge on any atom is -0.394 e. The first-order valence-electron chi connectivity index (χ1n) is 4.82. The highest BCUT2D eigenvalue weighted by molar-refractivity contribution is 7.60. The third-order valence-corrected chi connectivity index (χ3v) is 4.01. The molecule has 0 aliphatic carbocycles. The number of carbonyl (C=O) groups excluding carboxylic acids is 1. The Bertz CT molecular complexity index is 416. The Morgan fingerprint density at radius 3 is 1.95 bits per heavy atom. The fraction of sp³-hybridized carbons (Fsp3) is 0.833. The molecule has 0 saturated heterocycles. The molecule has 20 heavy (non-hydrogen) atoms. The summed E-state index contributed by atoms with van der Waals surface area (Å²) < 4.78 is 29.1. The SMILES string of the molecule is O=C(CO)[C@@H](O)[C@H](OP(=O)(O)OP(=O)(O)O)[C@H](O)CO. The van der Waals surface area contributed by atoms with E-state index in [4.69, 9.17) is 24.9 Å². The zero-order chi connectivity index (χ0) is 16.1. The van der Waals surface area contributed by atoms with Crippen LogP contribution in [0.15, 0.2) is 0 Å². The zero-order valence-corrected chi connectivity index (χ0v) is 11.5. The zero-order valence-electron chi connectivity index (χ0n) is 9.71. The van der Waals surface area contributed by atoms with Crippen molar-refractivity contribution in [1.82, 2.24) is 0 Å². The van der Waals surface area contributed by atoms with Crippen molar-refractivity contribution >= 4 is 21.4 Å². The van der Waals surface area contributed by atoms with Gasteiger partial charge >= 0.3 is 15.6 Å². The van der Waals surface area contributed by atoms with Gasteiger partial charge in [0.15, 0.2) is 5.78 Å². The van der Waals surface area contributed by atoms with E-state index in [0.29, 0.717) is 0 Å². The molecule has 0 spiro atoms. The molecule has 0 saturated carbocycles. The van der Waals surface area contributed by atoms with Crippen LogP contribution in [0, 0.1) is 0 Å². The van der Waals surface area contributed by atoms with Crippen LogP contribution < -0.4 is 0 Å². The summed E-state index contributed by atoms with van der Waals surface area (Å²) in [6.45, 7) is -2.34. The number of Topliss-reactive ketones (excluding diaryl/α,β-unsaturated/α-hetero) is 1. The first-order valence-corrected chi connectivity index (χ1v) is 7.84. The molecule has 0 fully saturated rings. The average molecular weight is 340 g/mol. The van der Waals surface area contributed by atoms with E-state index in [2.05, 4.69) is 8.83 Å². The van der Waals surface area contributed by atoms with E-state index in [1.807, 2.05) is 0 Å². The van der Waals surface area contributed by atoms with Gasteiger partial charge in [0.2, 0.25) is 0 Å². The van der Waals surface area contributed by atoms with Crippen LogP contribution in [0.2, 0.25) is 0 Å². The molecule has 1 unspecified atom stereocenters. The van der Waals surface area contributed by atoms with Crippen LogP contribution in [0.25, 0.3) is 0 Å². The molecule has 0 rings (SSSR count). The number of ketones is 1. The highest BCUT2D eigenvalue weighted by Gasteiger charge is 2.41. The molecule has 12 nitrogen and oxygen atoms in total. The fourth-order valence-electron chi connectivity index (χ4n) is 1.03. The molecule has 14 heteroatoms. The predicted octanol–water partition coefficient (Wildman–Crippen LogP) is -3.14. The molecule has 0 aliphatic rings. The summed E-state index contributed by atoms with van der Waals surface area (Å²) in [7, 11) is -10.9. The van der Waals surface area contributed by atoms with Gasteiger partial charge in [0.1, 0.15) is 24.9 Å². The average Bonchev–Trinajstić information content (AvgIpc) is 2.30. The van der Waals surface area contributed by atoms with Crippen LogP contribution >= 0.6 is 15.6 Å². The van der Waals surface area contributed by atoms with E-state index >= 15 is 0 Å². The van der Waals surface area contributed by atoms with Crippen molar-refractivity contribution in [3.63, 3.8) is 0 Å². The summed E-state index contributed by atoms with van der Waals surface area (Å²) >= 11 is 0. The molecular formula is C6H14O12P2. The second-order valence-electron chi connectivity index (χ2n) is 3.43. The van der Waals surface area contributed by atoms with Gasteiger partial charge in [-0.15, -0.1) is 0 Å². The molecular weight excluding hydrogens is 326 g/mol. The Labute approximate surface area is 112 Å². The second-order valence-corrected chi connectivity index (χ2v) is 6.21. The first-order chi connectivity index (χ1) is 8.93. The number of phosphoric acid groups is 2. The summed E-state index contributed by atoms with van der Waals surface area (Å²) in [6, 6.07) is 0. The maximum atomic E-state index is 11.2. The van der Waals surface area contributed by atoms with Gasteiger partial charge in [0.25, 0.3) is 0 Å². The summed E-state index contributed by atoms with van der Waals surface area (Å²) in [5, 5.41) is 35.8. The predicted molar refractivity (Wildman–Crippen MR) is 59.0 cm³/mol. The molecule has 0 bridgehead atoms. The Morgan fingerprint density at radius 1 is 1.10 bits per heavy atom. The van der Waals surface area contributed by atoms with Crippen LogP contribution in [0.1, 0.15) is 0 Å². The number of aliphatic hydroxyl groups excluding tert-OH is 4. The fourth-order valence-corrected chi connectivity index (χ4v) is 2.82. The molecule has 0 aliphatic heterocycles. The molecule has 0 aromatic rings. The summed E-state index contributed by atoms with van der Waals surface area (Å²) in [4.78, 5) is 36.7. The van der Waals surface area contributed by atoms with Crippen LogP contribution in [0.3, 0.4) is 0 Å². The number of phosphoric ester groups is 1. The monoisotopic (exact) mass is 340 g/mol. The Hall–Kier alpha value is -0.230. The molecule has 0 aromatic heterocycles. The number of hydrogen-bond donors (Lipinski definition) is 7. The third-order valence-electron chi connectivity index (χ3n) is 1.83. The van der Waals surface area contributed by atoms with E-state index in [-0.39, 0.29) is 0 Å². The van der Waals surface area contributed by atoms with E-state index in [1.54, 1.807) is 0 Å². The minimum absolute atomic E-state index is 1.13. The Balaban J connectivity index is 5.13. The second kappa shape index (κ2) is 7.69. The van der Waals surface area contributed by atoms with Crippen LogP contribution in [0.4, 0.5) is 0 Å². The lowest BCUT2D eigenvalue weighted by molar-refractivity contribution is -0.141. The highest BCUT2D eigenvalue weighted by Crippen LogP contribution is 2.58. The van der Waals surface area contributed by atoms with Crippen molar-refractivity contribution < 1.29 is 57.9 Å². The molecule has 7 N–H and O–H groups in total. The third kappa shape index (κ3) is 6.97. The van der Waals surface area contributed by atoms with Crippen LogP contribution in [-0.2, 0) is 22.8 Å². The van der Waals surface area contributed by atoms with Crippen LogP contribution in [0.5, 0.6) is 0 Å². The molecule has 0 radical (unpaired) electrons. The van der Waals surface area contributed by atoms with Gasteiger partial charge in [-0.1, -0.05) is 0 Å². The molecule has 4 atom stereocenters. The number of hydrogen-bond acceptors (Lipinski definition) is 9. The largest absolute Gasteiger partial charge is 0.481 e. The standard InChI is InChI=1S/C6H14O12P2/c7-1-3(9)5(11)6(4(10)2-8)17-20(15,16)18-19(12,13)14/h4-8,10-11H,1-2H2,(H,15,16)(H2,12,13,14)/t4-,5-,6-/m1/s1. The highest BCUT2D eigenvalue weighted by atomic mass is 31.3. The smallest absolute Gasteiger partial charge is 0.394 e. The van der Waals surface area contributed by atoms with Gasteiger partial charge in [-0.2, -0.15) is 4.31 Å². The maximum Gasteiger partial charge on any atom is 0.481 e. The van der Waals surface area contributed by atoms with Crippen molar-refractivity contribution in [2.24, 2.45) is 0 Å². The van der Waals surface area contributed by atoms with Crippen molar-refractivity contribution in [2.45, 2.75) is 18.3 Å². The van der Waals surface area contributed by atoms with Crippen molar-refractivity contribution in [3.05, 3.63) is 0 Å². The van der Waals surface area contributed by atoms with Gasteiger partial charge in [-0.25, -0.2) is 9.13 Å². The Kier molecular flexibility index (Phi) is 7.60. The van der Waals surface area contributed by atoms with Crippen molar-refractivity contribution in [1.29, 1.82) is 0 Å². The lowest BCUT2D eigenvalue weighted by atomic mass is 10.1. The molecule has 120 valence electrons. The van der Waals surface area contributed by atoms with Crippen molar-refractivity contribution in [2.75, 3.05) is 13.2 Å². The van der Waals surface area contributed by atoms with Crippen LogP contribution in [-0.4, -0.2) is 72.4 Å².